The standard InChI is InChI=1S/C19H24N4O/c1-10-7-13-11(2)21-6-5-12(13)17(22-10)19(3,4)23-18(24)16-14-8-20-9-15(14)16/h5-7,14-16,20H,8-9H2,1-4H3,(H,23,24)/t14-,15+,16?. The molecule has 1 unspecified atom stereocenters. The largest absolute Gasteiger partial charge is 0.345 e. The van der Waals surface area contributed by atoms with Crippen LogP contribution in [0.3, 0.4) is 0 Å². The molecule has 1 saturated carbocycles. The molecule has 5 heteroatoms. The molecule has 2 aliphatic rings. The van der Waals surface area contributed by atoms with Crippen molar-refractivity contribution >= 4 is 16.7 Å². The van der Waals surface area contributed by atoms with Gasteiger partial charge in [0.05, 0.1) is 11.2 Å². The van der Waals surface area contributed by atoms with Crippen LogP contribution in [0.2, 0.25) is 0 Å². The predicted octanol–water partition coefficient (Wildman–Crippen LogP) is 2.06. The molecule has 3 heterocycles. The highest BCUT2D eigenvalue weighted by molar-refractivity contribution is 5.89. The molecule has 0 bridgehead atoms. The number of piperidine rings is 1. The summed E-state index contributed by atoms with van der Waals surface area (Å²) in [5.41, 5.74) is 2.34. The average molecular weight is 324 g/mol. The van der Waals surface area contributed by atoms with Gasteiger partial charge < -0.3 is 10.6 Å². The highest BCUT2D eigenvalue weighted by atomic mass is 16.2. The van der Waals surface area contributed by atoms with Crippen molar-refractivity contribution in [2.24, 2.45) is 17.8 Å². The first-order chi connectivity index (χ1) is 11.4. The van der Waals surface area contributed by atoms with Gasteiger partial charge in [0.1, 0.15) is 0 Å². The maximum atomic E-state index is 12.7. The number of rotatable bonds is 3. The van der Waals surface area contributed by atoms with Crippen molar-refractivity contribution in [3.05, 3.63) is 35.4 Å². The molecule has 24 heavy (non-hydrogen) atoms. The smallest absolute Gasteiger partial charge is 0.224 e. The van der Waals surface area contributed by atoms with E-state index in [1.165, 1.54) is 0 Å². The molecule has 3 atom stereocenters. The number of nitrogens with one attached hydrogen (secondary N) is 2. The van der Waals surface area contributed by atoms with Gasteiger partial charge in [-0.25, -0.2) is 0 Å². The second-order valence-electron chi connectivity index (χ2n) is 7.73. The summed E-state index contributed by atoms with van der Waals surface area (Å²) in [5.74, 6) is 1.38. The summed E-state index contributed by atoms with van der Waals surface area (Å²) in [5, 5.41) is 8.76. The van der Waals surface area contributed by atoms with E-state index in [0.717, 1.165) is 40.9 Å². The van der Waals surface area contributed by atoms with Crippen molar-refractivity contribution in [3.63, 3.8) is 0 Å². The number of fused-ring (bicyclic) bond motifs is 2. The van der Waals surface area contributed by atoms with Crippen LogP contribution in [-0.4, -0.2) is 29.0 Å². The Hall–Kier alpha value is -2.01. The van der Waals surface area contributed by atoms with Gasteiger partial charge in [-0.2, -0.15) is 0 Å². The van der Waals surface area contributed by atoms with E-state index >= 15 is 0 Å². The van der Waals surface area contributed by atoms with E-state index in [4.69, 9.17) is 4.98 Å². The van der Waals surface area contributed by atoms with Crippen LogP contribution in [0.1, 0.15) is 30.9 Å². The summed E-state index contributed by atoms with van der Waals surface area (Å²) in [6.07, 6.45) is 1.81. The third-order valence-corrected chi connectivity index (χ3v) is 5.51. The zero-order valence-corrected chi connectivity index (χ0v) is 14.7. The van der Waals surface area contributed by atoms with E-state index in [2.05, 4.69) is 21.7 Å². The molecular weight excluding hydrogens is 300 g/mol. The van der Waals surface area contributed by atoms with E-state index in [-0.39, 0.29) is 11.8 Å². The lowest BCUT2D eigenvalue weighted by molar-refractivity contribution is -0.124. The van der Waals surface area contributed by atoms with Crippen LogP contribution >= 0.6 is 0 Å². The van der Waals surface area contributed by atoms with Gasteiger partial charge in [0.2, 0.25) is 5.91 Å². The minimum Gasteiger partial charge on any atom is -0.345 e. The molecule has 0 aromatic carbocycles. The summed E-state index contributed by atoms with van der Waals surface area (Å²) in [7, 11) is 0. The average Bonchev–Trinajstić information content (AvgIpc) is 3.01. The van der Waals surface area contributed by atoms with Crippen LogP contribution in [0, 0.1) is 31.6 Å². The summed E-state index contributed by atoms with van der Waals surface area (Å²) in [6.45, 7) is 10.0. The molecule has 2 aromatic heterocycles. The molecule has 5 nitrogen and oxygen atoms in total. The lowest BCUT2D eigenvalue weighted by atomic mass is 9.93. The van der Waals surface area contributed by atoms with Crippen molar-refractivity contribution in [1.82, 2.24) is 20.6 Å². The van der Waals surface area contributed by atoms with E-state index in [9.17, 15) is 4.79 Å². The maximum absolute atomic E-state index is 12.7. The Kier molecular flexibility index (Phi) is 3.39. The first-order valence-corrected chi connectivity index (χ1v) is 8.64. The third kappa shape index (κ3) is 2.38. The monoisotopic (exact) mass is 324 g/mol. The topological polar surface area (TPSA) is 66.9 Å². The van der Waals surface area contributed by atoms with E-state index in [1.54, 1.807) is 0 Å². The van der Waals surface area contributed by atoms with Gasteiger partial charge in [-0.05, 0) is 64.8 Å². The van der Waals surface area contributed by atoms with Crippen LogP contribution in [0.15, 0.2) is 18.3 Å². The van der Waals surface area contributed by atoms with Crippen molar-refractivity contribution in [3.8, 4) is 0 Å². The van der Waals surface area contributed by atoms with Crippen LogP contribution in [-0.2, 0) is 10.3 Å². The normalized spacial score (nSPS) is 25.6. The van der Waals surface area contributed by atoms with Gasteiger partial charge in [-0.3, -0.25) is 14.8 Å². The quantitative estimate of drug-likeness (QED) is 0.907. The molecule has 4 rings (SSSR count). The van der Waals surface area contributed by atoms with Gasteiger partial charge in [0.25, 0.3) is 0 Å². The Morgan fingerprint density at radius 2 is 1.96 bits per heavy atom. The van der Waals surface area contributed by atoms with Gasteiger partial charge in [0.15, 0.2) is 0 Å². The maximum Gasteiger partial charge on any atom is 0.224 e. The lowest BCUT2D eigenvalue weighted by Gasteiger charge is -2.28. The first-order valence-electron chi connectivity index (χ1n) is 8.64. The predicted molar refractivity (Wildman–Crippen MR) is 93.5 cm³/mol. The Morgan fingerprint density at radius 3 is 2.67 bits per heavy atom. The molecule has 2 N–H and O–H groups in total. The molecule has 0 spiro atoms. The van der Waals surface area contributed by atoms with Crippen molar-refractivity contribution in [2.75, 3.05) is 13.1 Å². The fourth-order valence-electron chi connectivity index (χ4n) is 4.18. The summed E-state index contributed by atoms with van der Waals surface area (Å²) >= 11 is 0. The van der Waals surface area contributed by atoms with E-state index < -0.39 is 5.54 Å². The molecule has 1 amide bonds. The molecule has 1 saturated heterocycles. The number of carbonyl (C=O) groups excluding carboxylic acids is 1. The van der Waals surface area contributed by atoms with Gasteiger partial charge in [-0.15, -0.1) is 0 Å². The minimum atomic E-state index is -0.514. The van der Waals surface area contributed by atoms with E-state index in [1.807, 2.05) is 40.0 Å². The number of carbonyl (C=O) groups is 1. The van der Waals surface area contributed by atoms with Crippen LogP contribution in [0.25, 0.3) is 10.8 Å². The Labute approximate surface area is 142 Å². The van der Waals surface area contributed by atoms with Crippen molar-refractivity contribution in [1.29, 1.82) is 0 Å². The number of pyridine rings is 2. The SMILES string of the molecule is Cc1cc2c(C)nccc2c(C(C)(C)NC(=O)C2[C@H]3CNC[C@@H]23)n1. The summed E-state index contributed by atoms with van der Waals surface area (Å²) in [4.78, 5) is 21.9. The van der Waals surface area contributed by atoms with Gasteiger partial charge in [-0.1, -0.05) is 0 Å². The molecular formula is C19H24N4O. The number of hydrogen-bond donors (Lipinski definition) is 2. The Balaban J connectivity index is 1.68. The number of amides is 1. The van der Waals surface area contributed by atoms with Crippen LogP contribution < -0.4 is 10.6 Å². The van der Waals surface area contributed by atoms with Crippen LogP contribution in [0.5, 0.6) is 0 Å². The first kappa shape index (κ1) is 15.5. The molecule has 126 valence electrons. The zero-order chi connectivity index (χ0) is 17.1. The van der Waals surface area contributed by atoms with Crippen molar-refractivity contribution in [2.45, 2.75) is 33.2 Å². The molecule has 1 aliphatic heterocycles. The van der Waals surface area contributed by atoms with E-state index in [0.29, 0.717) is 11.8 Å². The number of aryl methyl sites for hydroxylation is 2. The lowest BCUT2D eigenvalue weighted by Crippen LogP contribution is -2.43. The van der Waals surface area contributed by atoms with Gasteiger partial charge in [0, 0.05) is 34.3 Å². The third-order valence-electron chi connectivity index (χ3n) is 5.51. The number of aromatic nitrogens is 2. The molecule has 2 aromatic rings. The number of nitrogens with zero attached hydrogens (tertiary/aromatic N) is 2. The van der Waals surface area contributed by atoms with Gasteiger partial charge >= 0.3 is 0 Å². The Bertz CT molecular complexity index is 819. The Morgan fingerprint density at radius 1 is 1.25 bits per heavy atom. The second kappa shape index (κ2) is 5.24. The fraction of sp³-hybridized carbons (Fsp3) is 0.526. The molecule has 1 aliphatic carbocycles. The fourth-order valence-corrected chi connectivity index (χ4v) is 4.18. The second-order valence-corrected chi connectivity index (χ2v) is 7.73. The summed E-state index contributed by atoms with van der Waals surface area (Å²) in [6, 6.07) is 4.06. The zero-order valence-electron chi connectivity index (χ0n) is 14.7. The highest BCUT2D eigenvalue weighted by Crippen LogP contribution is 2.49. The number of hydrogen-bond acceptors (Lipinski definition) is 4. The molecule has 0 radical (unpaired) electrons. The van der Waals surface area contributed by atoms with Crippen molar-refractivity contribution < 1.29 is 4.79 Å². The minimum absolute atomic E-state index is 0.165. The van der Waals surface area contributed by atoms with Crippen LogP contribution in [0.4, 0.5) is 0 Å². The highest BCUT2D eigenvalue weighted by Gasteiger charge is 2.57. The molecule has 2 fully saturated rings. The summed E-state index contributed by atoms with van der Waals surface area (Å²) < 4.78 is 0.